The van der Waals surface area contributed by atoms with Crippen molar-refractivity contribution in [3.8, 4) is 0 Å². The minimum atomic E-state index is -0.0455. The van der Waals surface area contributed by atoms with E-state index in [1.54, 1.807) is 11.8 Å². The summed E-state index contributed by atoms with van der Waals surface area (Å²) in [6, 6.07) is 0. The van der Waals surface area contributed by atoms with Gasteiger partial charge in [-0.15, -0.1) is 0 Å². The highest BCUT2D eigenvalue weighted by Gasteiger charge is 2.12. The van der Waals surface area contributed by atoms with Crippen LogP contribution in [0.1, 0.15) is 39.5 Å². The molecule has 0 fully saturated rings. The van der Waals surface area contributed by atoms with Crippen LogP contribution in [0.25, 0.3) is 0 Å². The van der Waals surface area contributed by atoms with Crippen LogP contribution in [0.3, 0.4) is 0 Å². The first-order valence-electron chi connectivity index (χ1n) is 5.38. The molecule has 0 aromatic heterocycles. The third-order valence-electron chi connectivity index (χ3n) is 2.06. The Balaban J connectivity index is 3.34. The number of thioether (sulfide) groups is 1. The van der Waals surface area contributed by atoms with Gasteiger partial charge in [0.2, 0.25) is 0 Å². The van der Waals surface area contributed by atoms with Crippen LogP contribution in [-0.2, 0) is 9.53 Å². The van der Waals surface area contributed by atoms with Crippen molar-refractivity contribution >= 4 is 17.7 Å². The average molecular weight is 218 g/mol. The summed E-state index contributed by atoms with van der Waals surface area (Å²) in [4.78, 5) is 11.3. The normalized spacial score (nSPS) is 12.5. The first-order chi connectivity index (χ1) is 6.72. The van der Waals surface area contributed by atoms with Crippen LogP contribution in [0.15, 0.2) is 0 Å². The summed E-state index contributed by atoms with van der Waals surface area (Å²) in [5, 5.41) is 0. The van der Waals surface area contributed by atoms with E-state index < -0.39 is 0 Å². The first-order valence-corrected chi connectivity index (χ1v) is 6.77. The fourth-order valence-corrected chi connectivity index (χ4v) is 1.80. The Kier molecular flexibility index (Phi) is 9.26. The van der Waals surface area contributed by atoms with Crippen LogP contribution >= 0.6 is 11.8 Å². The van der Waals surface area contributed by atoms with Gasteiger partial charge in [0.25, 0.3) is 0 Å². The SMILES string of the molecule is CCCCCCOC(=O)C(C)CSC. The molecule has 0 saturated heterocycles. The van der Waals surface area contributed by atoms with Crippen LogP contribution in [-0.4, -0.2) is 24.6 Å². The van der Waals surface area contributed by atoms with Crippen LogP contribution in [0.2, 0.25) is 0 Å². The van der Waals surface area contributed by atoms with Gasteiger partial charge in [-0.05, 0) is 12.7 Å². The highest BCUT2D eigenvalue weighted by Crippen LogP contribution is 2.07. The summed E-state index contributed by atoms with van der Waals surface area (Å²) >= 11 is 1.68. The number of unbranched alkanes of at least 4 members (excludes halogenated alkanes) is 3. The number of rotatable bonds is 8. The highest BCUT2D eigenvalue weighted by molar-refractivity contribution is 7.98. The summed E-state index contributed by atoms with van der Waals surface area (Å²) in [5.41, 5.74) is 0. The van der Waals surface area contributed by atoms with E-state index in [1.165, 1.54) is 19.3 Å². The van der Waals surface area contributed by atoms with Crippen molar-refractivity contribution in [1.29, 1.82) is 0 Å². The molecule has 0 aliphatic rings. The van der Waals surface area contributed by atoms with Crippen molar-refractivity contribution in [2.75, 3.05) is 18.6 Å². The van der Waals surface area contributed by atoms with Crippen molar-refractivity contribution in [1.82, 2.24) is 0 Å². The van der Waals surface area contributed by atoms with Gasteiger partial charge in [0, 0.05) is 5.75 Å². The molecule has 0 heterocycles. The number of carbonyl (C=O) groups is 1. The molecule has 84 valence electrons. The third kappa shape index (κ3) is 7.25. The minimum absolute atomic E-state index is 0.0381. The van der Waals surface area contributed by atoms with Crippen molar-refractivity contribution in [2.45, 2.75) is 39.5 Å². The average Bonchev–Trinajstić information content (AvgIpc) is 2.17. The highest BCUT2D eigenvalue weighted by atomic mass is 32.2. The molecule has 0 radical (unpaired) electrons. The van der Waals surface area contributed by atoms with Gasteiger partial charge < -0.3 is 4.74 Å². The molecular weight excluding hydrogens is 196 g/mol. The Bertz CT molecular complexity index is 148. The van der Waals surface area contributed by atoms with Gasteiger partial charge in [-0.2, -0.15) is 11.8 Å². The molecule has 0 aromatic rings. The van der Waals surface area contributed by atoms with Crippen LogP contribution < -0.4 is 0 Å². The van der Waals surface area contributed by atoms with E-state index in [1.807, 2.05) is 13.2 Å². The maximum absolute atomic E-state index is 11.3. The standard InChI is InChI=1S/C11H22O2S/c1-4-5-6-7-8-13-11(12)10(2)9-14-3/h10H,4-9H2,1-3H3. The zero-order chi connectivity index (χ0) is 10.8. The topological polar surface area (TPSA) is 26.3 Å². The molecule has 0 rings (SSSR count). The van der Waals surface area contributed by atoms with Crippen LogP contribution in [0, 0.1) is 5.92 Å². The fourth-order valence-electron chi connectivity index (χ4n) is 1.16. The van der Waals surface area contributed by atoms with E-state index in [9.17, 15) is 4.79 Å². The van der Waals surface area contributed by atoms with Gasteiger partial charge in [-0.3, -0.25) is 4.79 Å². The lowest BCUT2D eigenvalue weighted by atomic mass is 10.2. The second-order valence-corrected chi connectivity index (χ2v) is 4.50. The third-order valence-corrected chi connectivity index (χ3v) is 2.89. The van der Waals surface area contributed by atoms with Gasteiger partial charge in [-0.25, -0.2) is 0 Å². The summed E-state index contributed by atoms with van der Waals surface area (Å²) in [7, 11) is 0. The zero-order valence-corrected chi connectivity index (χ0v) is 10.4. The molecular formula is C11H22O2S. The summed E-state index contributed by atoms with van der Waals surface area (Å²) in [6.07, 6.45) is 6.63. The molecule has 0 N–H and O–H groups in total. The Hall–Kier alpha value is -0.180. The van der Waals surface area contributed by atoms with Crippen LogP contribution in [0.4, 0.5) is 0 Å². The molecule has 14 heavy (non-hydrogen) atoms. The van der Waals surface area contributed by atoms with Gasteiger partial charge in [0.1, 0.15) is 0 Å². The Labute approximate surface area is 91.8 Å². The van der Waals surface area contributed by atoms with Crippen molar-refractivity contribution < 1.29 is 9.53 Å². The smallest absolute Gasteiger partial charge is 0.309 e. The molecule has 0 aromatic carbocycles. The summed E-state index contributed by atoms with van der Waals surface area (Å²) in [6.45, 7) is 4.69. The number of hydrogen-bond acceptors (Lipinski definition) is 3. The van der Waals surface area contributed by atoms with E-state index in [2.05, 4.69) is 6.92 Å². The minimum Gasteiger partial charge on any atom is -0.465 e. The predicted molar refractivity (Wildman–Crippen MR) is 62.6 cm³/mol. The first kappa shape index (κ1) is 13.8. The van der Waals surface area contributed by atoms with Gasteiger partial charge >= 0.3 is 5.97 Å². The molecule has 0 aliphatic heterocycles. The maximum atomic E-state index is 11.3. The fraction of sp³-hybridized carbons (Fsp3) is 0.909. The Morgan fingerprint density at radius 3 is 2.64 bits per heavy atom. The molecule has 2 nitrogen and oxygen atoms in total. The monoisotopic (exact) mass is 218 g/mol. The Morgan fingerprint density at radius 1 is 1.36 bits per heavy atom. The van der Waals surface area contributed by atoms with Crippen molar-refractivity contribution in [3.63, 3.8) is 0 Å². The number of carbonyl (C=O) groups excluding carboxylic acids is 1. The van der Waals surface area contributed by atoms with Crippen molar-refractivity contribution in [2.24, 2.45) is 5.92 Å². The lowest BCUT2D eigenvalue weighted by Gasteiger charge is -2.09. The van der Waals surface area contributed by atoms with E-state index >= 15 is 0 Å². The molecule has 0 saturated carbocycles. The molecule has 1 unspecified atom stereocenters. The van der Waals surface area contributed by atoms with Crippen molar-refractivity contribution in [3.05, 3.63) is 0 Å². The molecule has 0 bridgehead atoms. The predicted octanol–water partition coefficient (Wildman–Crippen LogP) is 3.11. The van der Waals surface area contributed by atoms with E-state index in [-0.39, 0.29) is 11.9 Å². The van der Waals surface area contributed by atoms with Gasteiger partial charge in [-0.1, -0.05) is 33.1 Å². The van der Waals surface area contributed by atoms with E-state index in [0.29, 0.717) is 6.61 Å². The summed E-state index contributed by atoms with van der Waals surface area (Å²) in [5.74, 6) is 0.848. The van der Waals surface area contributed by atoms with Gasteiger partial charge in [0.05, 0.1) is 12.5 Å². The number of ether oxygens (including phenoxy) is 1. The summed E-state index contributed by atoms with van der Waals surface area (Å²) < 4.78 is 5.15. The number of hydrogen-bond donors (Lipinski definition) is 0. The Morgan fingerprint density at radius 2 is 2.07 bits per heavy atom. The zero-order valence-electron chi connectivity index (χ0n) is 9.54. The number of esters is 1. The molecule has 1 atom stereocenters. The quantitative estimate of drug-likeness (QED) is 0.462. The molecule has 3 heteroatoms. The maximum Gasteiger partial charge on any atom is 0.309 e. The van der Waals surface area contributed by atoms with Gasteiger partial charge in [0.15, 0.2) is 0 Å². The lowest BCUT2D eigenvalue weighted by Crippen LogP contribution is -2.17. The van der Waals surface area contributed by atoms with E-state index in [4.69, 9.17) is 4.74 Å². The molecule has 0 spiro atoms. The molecule has 0 amide bonds. The van der Waals surface area contributed by atoms with E-state index in [0.717, 1.165) is 12.2 Å². The molecule has 0 aliphatic carbocycles. The second-order valence-electron chi connectivity index (χ2n) is 3.58. The lowest BCUT2D eigenvalue weighted by molar-refractivity contribution is -0.147. The van der Waals surface area contributed by atoms with Crippen LogP contribution in [0.5, 0.6) is 0 Å². The second kappa shape index (κ2) is 9.38. The largest absolute Gasteiger partial charge is 0.465 e.